The lowest BCUT2D eigenvalue weighted by atomic mass is 10.1. The maximum atomic E-state index is 10.6. The summed E-state index contributed by atoms with van der Waals surface area (Å²) in [4.78, 5) is 10.2. The molecule has 21 heavy (non-hydrogen) atoms. The standard InChI is InChI=1S/C16H18N2O3/c1-11-3-8-15(12(2)17)16(9-11)21-10-13-4-6-14(7-5-13)18(19)20/h3-9,12H,10,17H2,1-2H3/t12-/m1/s1. The van der Waals surface area contributed by atoms with Gasteiger partial charge in [-0.3, -0.25) is 10.1 Å². The number of non-ortho nitro benzene ring substituents is 1. The molecule has 1 atom stereocenters. The van der Waals surface area contributed by atoms with Crippen LogP contribution in [0.4, 0.5) is 5.69 Å². The largest absolute Gasteiger partial charge is 0.489 e. The van der Waals surface area contributed by atoms with Crippen LogP contribution in [0, 0.1) is 17.0 Å². The summed E-state index contributed by atoms with van der Waals surface area (Å²) in [5.74, 6) is 0.753. The molecule has 2 aromatic rings. The first-order chi connectivity index (χ1) is 9.97. The maximum Gasteiger partial charge on any atom is 0.269 e. The lowest BCUT2D eigenvalue weighted by Crippen LogP contribution is -2.08. The van der Waals surface area contributed by atoms with Gasteiger partial charge in [0.05, 0.1) is 4.92 Å². The first-order valence-corrected chi connectivity index (χ1v) is 6.69. The van der Waals surface area contributed by atoms with Gasteiger partial charge in [0.1, 0.15) is 12.4 Å². The molecule has 0 amide bonds. The second-order valence-electron chi connectivity index (χ2n) is 5.04. The van der Waals surface area contributed by atoms with Gasteiger partial charge in [0.25, 0.3) is 5.69 Å². The molecule has 0 saturated heterocycles. The molecule has 5 nitrogen and oxygen atoms in total. The van der Waals surface area contributed by atoms with Crippen molar-refractivity contribution >= 4 is 5.69 Å². The molecule has 110 valence electrons. The molecule has 0 aliphatic rings. The summed E-state index contributed by atoms with van der Waals surface area (Å²) in [6.45, 7) is 4.24. The summed E-state index contributed by atoms with van der Waals surface area (Å²) in [5, 5.41) is 10.6. The van der Waals surface area contributed by atoms with E-state index in [9.17, 15) is 10.1 Å². The third kappa shape index (κ3) is 3.79. The van der Waals surface area contributed by atoms with Crippen molar-refractivity contribution in [1.82, 2.24) is 0 Å². The van der Waals surface area contributed by atoms with Crippen LogP contribution < -0.4 is 10.5 Å². The van der Waals surface area contributed by atoms with Crippen molar-refractivity contribution in [2.24, 2.45) is 5.73 Å². The van der Waals surface area contributed by atoms with Gasteiger partial charge in [0.15, 0.2) is 0 Å². The van der Waals surface area contributed by atoms with Crippen LogP contribution in [0.3, 0.4) is 0 Å². The Morgan fingerprint density at radius 3 is 2.48 bits per heavy atom. The molecular weight excluding hydrogens is 268 g/mol. The zero-order chi connectivity index (χ0) is 15.4. The number of nitrogens with two attached hydrogens (primary N) is 1. The van der Waals surface area contributed by atoms with Crippen molar-refractivity contribution in [2.75, 3.05) is 0 Å². The van der Waals surface area contributed by atoms with E-state index in [0.717, 1.165) is 22.4 Å². The van der Waals surface area contributed by atoms with Crippen LogP contribution in [-0.4, -0.2) is 4.92 Å². The lowest BCUT2D eigenvalue weighted by Gasteiger charge is -2.15. The summed E-state index contributed by atoms with van der Waals surface area (Å²) in [7, 11) is 0. The highest BCUT2D eigenvalue weighted by Crippen LogP contribution is 2.26. The Bertz CT molecular complexity index is 636. The van der Waals surface area contributed by atoms with Crippen LogP contribution in [0.2, 0.25) is 0 Å². The molecule has 0 aromatic heterocycles. The van der Waals surface area contributed by atoms with Gasteiger partial charge in [0, 0.05) is 23.7 Å². The fourth-order valence-corrected chi connectivity index (χ4v) is 2.02. The summed E-state index contributed by atoms with van der Waals surface area (Å²) >= 11 is 0. The van der Waals surface area contributed by atoms with Crippen molar-refractivity contribution in [1.29, 1.82) is 0 Å². The number of aryl methyl sites for hydroxylation is 1. The quantitative estimate of drug-likeness (QED) is 0.674. The van der Waals surface area contributed by atoms with Gasteiger partial charge >= 0.3 is 0 Å². The van der Waals surface area contributed by atoms with Crippen LogP contribution in [-0.2, 0) is 6.61 Å². The average Bonchev–Trinajstić information content (AvgIpc) is 2.45. The fraction of sp³-hybridized carbons (Fsp3) is 0.250. The van der Waals surface area contributed by atoms with Gasteiger partial charge in [-0.1, -0.05) is 12.1 Å². The van der Waals surface area contributed by atoms with E-state index in [-0.39, 0.29) is 11.7 Å². The van der Waals surface area contributed by atoms with E-state index in [1.54, 1.807) is 12.1 Å². The minimum atomic E-state index is -0.417. The van der Waals surface area contributed by atoms with Gasteiger partial charge in [-0.15, -0.1) is 0 Å². The van der Waals surface area contributed by atoms with E-state index in [4.69, 9.17) is 10.5 Å². The Morgan fingerprint density at radius 2 is 1.90 bits per heavy atom. The molecule has 0 unspecified atom stereocenters. The van der Waals surface area contributed by atoms with Crippen molar-refractivity contribution in [3.05, 3.63) is 69.3 Å². The highest BCUT2D eigenvalue weighted by atomic mass is 16.6. The first kappa shape index (κ1) is 15.0. The highest BCUT2D eigenvalue weighted by molar-refractivity contribution is 5.39. The Hall–Kier alpha value is -2.40. The zero-order valence-electron chi connectivity index (χ0n) is 12.1. The van der Waals surface area contributed by atoms with Crippen LogP contribution in [0.1, 0.15) is 29.7 Å². The van der Waals surface area contributed by atoms with Gasteiger partial charge in [-0.25, -0.2) is 0 Å². The van der Waals surface area contributed by atoms with Gasteiger partial charge < -0.3 is 10.5 Å². The molecule has 0 radical (unpaired) electrons. The number of nitrogens with zero attached hydrogens (tertiary/aromatic N) is 1. The molecule has 0 fully saturated rings. The zero-order valence-corrected chi connectivity index (χ0v) is 12.1. The second kappa shape index (κ2) is 6.37. The molecule has 2 rings (SSSR count). The predicted octanol–water partition coefficient (Wildman–Crippen LogP) is 3.50. The second-order valence-corrected chi connectivity index (χ2v) is 5.04. The molecule has 0 aliphatic carbocycles. The number of nitro groups is 1. The van der Waals surface area contributed by atoms with E-state index >= 15 is 0 Å². The SMILES string of the molecule is Cc1ccc([C@@H](C)N)c(OCc2ccc([N+](=O)[O-])cc2)c1. The molecule has 0 saturated carbocycles. The van der Waals surface area contributed by atoms with Crippen LogP contribution in [0.15, 0.2) is 42.5 Å². The molecular formula is C16H18N2O3. The molecule has 5 heteroatoms. The number of ether oxygens (including phenoxy) is 1. The van der Waals surface area contributed by atoms with Crippen molar-refractivity contribution in [3.63, 3.8) is 0 Å². The van der Waals surface area contributed by atoms with E-state index in [1.165, 1.54) is 12.1 Å². The average molecular weight is 286 g/mol. The molecule has 0 spiro atoms. The molecule has 0 aliphatic heterocycles. The molecule has 2 aromatic carbocycles. The monoisotopic (exact) mass is 286 g/mol. The minimum Gasteiger partial charge on any atom is -0.489 e. The van der Waals surface area contributed by atoms with Crippen molar-refractivity contribution in [3.8, 4) is 5.75 Å². The van der Waals surface area contributed by atoms with Crippen molar-refractivity contribution in [2.45, 2.75) is 26.5 Å². The topological polar surface area (TPSA) is 78.4 Å². The van der Waals surface area contributed by atoms with E-state index < -0.39 is 4.92 Å². The van der Waals surface area contributed by atoms with Gasteiger partial charge in [0.2, 0.25) is 0 Å². The summed E-state index contributed by atoms with van der Waals surface area (Å²) in [6.07, 6.45) is 0. The maximum absolute atomic E-state index is 10.6. The Balaban J connectivity index is 2.12. The molecule has 0 bridgehead atoms. The minimum absolute atomic E-state index is 0.0746. The Kier molecular flexibility index (Phi) is 4.55. The summed E-state index contributed by atoms with van der Waals surface area (Å²) < 4.78 is 5.82. The Labute approximate surface area is 123 Å². The molecule has 2 N–H and O–H groups in total. The predicted molar refractivity (Wildman–Crippen MR) is 81.2 cm³/mol. The third-order valence-electron chi connectivity index (χ3n) is 3.20. The van der Waals surface area contributed by atoms with Crippen LogP contribution >= 0.6 is 0 Å². The van der Waals surface area contributed by atoms with Gasteiger partial charge in [-0.2, -0.15) is 0 Å². The van der Waals surface area contributed by atoms with E-state index in [0.29, 0.717) is 6.61 Å². The van der Waals surface area contributed by atoms with Crippen LogP contribution in [0.25, 0.3) is 0 Å². The number of rotatable bonds is 5. The summed E-state index contributed by atoms with van der Waals surface area (Å²) in [5.41, 5.74) is 8.92. The fourth-order valence-electron chi connectivity index (χ4n) is 2.02. The number of hydrogen-bond donors (Lipinski definition) is 1. The smallest absolute Gasteiger partial charge is 0.269 e. The lowest BCUT2D eigenvalue weighted by molar-refractivity contribution is -0.384. The third-order valence-corrected chi connectivity index (χ3v) is 3.20. The van der Waals surface area contributed by atoms with Crippen molar-refractivity contribution < 1.29 is 9.66 Å². The number of nitro benzene ring substituents is 1. The highest BCUT2D eigenvalue weighted by Gasteiger charge is 2.09. The van der Waals surface area contributed by atoms with Crippen LogP contribution in [0.5, 0.6) is 5.75 Å². The number of hydrogen-bond acceptors (Lipinski definition) is 4. The van der Waals surface area contributed by atoms with E-state index in [1.807, 2.05) is 32.0 Å². The molecule has 0 heterocycles. The Morgan fingerprint density at radius 1 is 1.24 bits per heavy atom. The number of benzene rings is 2. The normalized spacial score (nSPS) is 12.0. The summed E-state index contributed by atoms with van der Waals surface area (Å²) in [6, 6.07) is 12.1. The van der Waals surface area contributed by atoms with E-state index in [2.05, 4.69) is 0 Å². The first-order valence-electron chi connectivity index (χ1n) is 6.69. The van der Waals surface area contributed by atoms with Gasteiger partial charge in [-0.05, 0) is 43.2 Å².